The van der Waals surface area contributed by atoms with Gasteiger partial charge in [0.15, 0.2) is 0 Å². The van der Waals surface area contributed by atoms with Gasteiger partial charge in [0.2, 0.25) is 5.91 Å². The predicted molar refractivity (Wildman–Crippen MR) is 101 cm³/mol. The molecule has 146 valence electrons. The number of nitrogens with zero attached hydrogens (tertiary/aromatic N) is 3. The lowest BCUT2D eigenvalue weighted by atomic mass is 10.1. The Morgan fingerprint density at radius 2 is 1.68 bits per heavy atom. The Kier molecular flexibility index (Phi) is 5.53. The van der Waals surface area contributed by atoms with Gasteiger partial charge in [0, 0.05) is 43.4 Å². The molecular formula is C19H19FN4O4. The molecule has 2 aromatic rings. The van der Waals surface area contributed by atoms with Gasteiger partial charge in [-0.3, -0.25) is 19.7 Å². The SMILES string of the molecule is NC(=O)c1ccc(N2CCCN(C(=O)c3ccc(F)cc3)CC2)c([N+](=O)[O-])c1. The zero-order valence-electron chi connectivity index (χ0n) is 15.0. The van der Waals surface area contributed by atoms with Crippen LogP contribution in [0.25, 0.3) is 0 Å². The summed E-state index contributed by atoms with van der Waals surface area (Å²) in [6, 6.07) is 9.49. The molecule has 9 heteroatoms. The Morgan fingerprint density at radius 1 is 1.00 bits per heavy atom. The molecule has 0 bridgehead atoms. The molecule has 2 amide bonds. The van der Waals surface area contributed by atoms with Crippen LogP contribution in [0.15, 0.2) is 42.5 Å². The lowest BCUT2D eigenvalue weighted by Gasteiger charge is -2.23. The number of benzene rings is 2. The first-order chi connectivity index (χ1) is 13.4. The summed E-state index contributed by atoms with van der Waals surface area (Å²) in [6.45, 7) is 1.76. The zero-order valence-corrected chi connectivity index (χ0v) is 15.0. The molecule has 0 aliphatic carbocycles. The van der Waals surface area contributed by atoms with Gasteiger partial charge in [0.1, 0.15) is 11.5 Å². The maximum absolute atomic E-state index is 13.1. The molecule has 0 aromatic heterocycles. The number of nitro benzene ring substituents is 1. The van der Waals surface area contributed by atoms with Crippen molar-refractivity contribution in [2.24, 2.45) is 5.73 Å². The van der Waals surface area contributed by atoms with Crippen LogP contribution in [0.4, 0.5) is 15.8 Å². The number of amides is 2. The van der Waals surface area contributed by atoms with Crippen molar-refractivity contribution in [2.45, 2.75) is 6.42 Å². The van der Waals surface area contributed by atoms with Gasteiger partial charge in [0.25, 0.3) is 11.6 Å². The molecule has 0 spiro atoms. The molecule has 1 saturated heterocycles. The van der Waals surface area contributed by atoms with Crippen molar-refractivity contribution >= 4 is 23.2 Å². The summed E-state index contributed by atoms with van der Waals surface area (Å²) in [5.41, 5.74) is 5.85. The van der Waals surface area contributed by atoms with E-state index in [1.807, 2.05) is 4.90 Å². The van der Waals surface area contributed by atoms with Gasteiger partial charge >= 0.3 is 0 Å². The summed E-state index contributed by atoms with van der Waals surface area (Å²) in [4.78, 5) is 38.3. The fourth-order valence-corrected chi connectivity index (χ4v) is 3.23. The first kappa shape index (κ1) is 19.3. The van der Waals surface area contributed by atoms with Gasteiger partial charge in [-0.05, 0) is 42.8 Å². The summed E-state index contributed by atoms with van der Waals surface area (Å²) in [5.74, 6) is -1.35. The molecule has 28 heavy (non-hydrogen) atoms. The van der Waals surface area contributed by atoms with E-state index < -0.39 is 16.6 Å². The topological polar surface area (TPSA) is 110 Å². The van der Waals surface area contributed by atoms with Gasteiger partial charge in [0.05, 0.1) is 4.92 Å². The smallest absolute Gasteiger partial charge is 0.293 e. The van der Waals surface area contributed by atoms with Crippen molar-refractivity contribution in [3.63, 3.8) is 0 Å². The van der Waals surface area contributed by atoms with E-state index in [1.165, 1.54) is 42.5 Å². The normalized spacial score (nSPS) is 14.5. The average molecular weight is 386 g/mol. The summed E-state index contributed by atoms with van der Waals surface area (Å²) < 4.78 is 13.1. The molecule has 0 radical (unpaired) electrons. The number of primary amides is 1. The van der Waals surface area contributed by atoms with E-state index in [2.05, 4.69) is 0 Å². The third-order valence-electron chi connectivity index (χ3n) is 4.67. The summed E-state index contributed by atoms with van der Waals surface area (Å²) in [7, 11) is 0. The second-order valence-electron chi connectivity index (χ2n) is 6.46. The summed E-state index contributed by atoms with van der Waals surface area (Å²) in [6.07, 6.45) is 0.613. The Bertz CT molecular complexity index is 917. The van der Waals surface area contributed by atoms with Gasteiger partial charge in [-0.25, -0.2) is 4.39 Å². The number of carbonyl (C=O) groups is 2. The number of anilines is 1. The van der Waals surface area contributed by atoms with Crippen molar-refractivity contribution in [2.75, 3.05) is 31.1 Å². The third kappa shape index (κ3) is 4.08. The van der Waals surface area contributed by atoms with Crippen LogP contribution in [0.2, 0.25) is 0 Å². The lowest BCUT2D eigenvalue weighted by Crippen LogP contribution is -2.35. The van der Waals surface area contributed by atoms with Gasteiger partial charge in [-0.1, -0.05) is 0 Å². The number of hydrogen-bond acceptors (Lipinski definition) is 5. The highest BCUT2D eigenvalue weighted by Gasteiger charge is 2.25. The quantitative estimate of drug-likeness (QED) is 0.640. The molecule has 3 rings (SSSR count). The molecule has 2 aromatic carbocycles. The molecule has 0 saturated carbocycles. The fourth-order valence-electron chi connectivity index (χ4n) is 3.23. The molecule has 0 unspecified atom stereocenters. The van der Waals surface area contributed by atoms with Crippen LogP contribution in [0.3, 0.4) is 0 Å². The van der Waals surface area contributed by atoms with Crippen molar-refractivity contribution in [3.05, 3.63) is 69.5 Å². The Balaban J connectivity index is 1.78. The van der Waals surface area contributed by atoms with Gasteiger partial charge < -0.3 is 15.5 Å². The molecule has 8 nitrogen and oxygen atoms in total. The lowest BCUT2D eigenvalue weighted by molar-refractivity contribution is -0.384. The molecule has 2 N–H and O–H groups in total. The minimum atomic E-state index is -0.735. The molecule has 0 atom stereocenters. The first-order valence-electron chi connectivity index (χ1n) is 8.75. The first-order valence-corrected chi connectivity index (χ1v) is 8.75. The van der Waals surface area contributed by atoms with Crippen molar-refractivity contribution in [1.82, 2.24) is 4.90 Å². The Hall–Kier alpha value is -3.49. The maximum Gasteiger partial charge on any atom is 0.293 e. The van der Waals surface area contributed by atoms with Crippen LogP contribution >= 0.6 is 0 Å². The van der Waals surface area contributed by atoms with Gasteiger partial charge in [-0.15, -0.1) is 0 Å². The molecular weight excluding hydrogens is 367 g/mol. The minimum Gasteiger partial charge on any atom is -0.366 e. The predicted octanol–water partition coefficient (Wildman–Crippen LogP) is 2.19. The van der Waals surface area contributed by atoms with Gasteiger partial charge in [-0.2, -0.15) is 0 Å². The number of nitro groups is 1. The standard InChI is InChI=1S/C19H19FN4O4/c20-15-5-2-13(3-6-15)19(26)23-9-1-8-22(10-11-23)16-7-4-14(18(21)25)12-17(16)24(27)28/h2-7,12H,1,8-11H2,(H2,21,25). The van der Waals surface area contributed by atoms with E-state index in [4.69, 9.17) is 5.73 Å². The number of rotatable bonds is 4. The van der Waals surface area contributed by atoms with Crippen LogP contribution < -0.4 is 10.6 Å². The monoisotopic (exact) mass is 386 g/mol. The highest BCUT2D eigenvalue weighted by molar-refractivity contribution is 5.95. The van der Waals surface area contributed by atoms with Crippen LogP contribution in [0.5, 0.6) is 0 Å². The number of hydrogen-bond donors (Lipinski definition) is 1. The highest BCUT2D eigenvalue weighted by Crippen LogP contribution is 2.30. The maximum atomic E-state index is 13.1. The van der Waals surface area contributed by atoms with Crippen LogP contribution in [0, 0.1) is 15.9 Å². The zero-order chi connectivity index (χ0) is 20.3. The summed E-state index contributed by atoms with van der Waals surface area (Å²) in [5, 5.41) is 11.4. The average Bonchev–Trinajstić information content (AvgIpc) is 2.93. The molecule has 1 fully saturated rings. The van der Waals surface area contributed by atoms with Crippen LogP contribution in [-0.2, 0) is 0 Å². The van der Waals surface area contributed by atoms with E-state index >= 15 is 0 Å². The minimum absolute atomic E-state index is 0.0680. The second-order valence-corrected chi connectivity index (χ2v) is 6.46. The number of nitrogens with two attached hydrogens (primary N) is 1. The fraction of sp³-hybridized carbons (Fsp3) is 0.263. The number of halogens is 1. The van der Waals surface area contributed by atoms with Crippen LogP contribution in [-0.4, -0.2) is 47.8 Å². The van der Waals surface area contributed by atoms with E-state index in [-0.39, 0.29) is 17.2 Å². The molecule has 1 heterocycles. The Labute approximate surface area is 160 Å². The van der Waals surface area contributed by atoms with Crippen molar-refractivity contribution in [3.8, 4) is 0 Å². The molecule has 1 aliphatic rings. The third-order valence-corrected chi connectivity index (χ3v) is 4.67. The highest BCUT2D eigenvalue weighted by atomic mass is 19.1. The molecule has 1 aliphatic heterocycles. The van der Waals surface area contributed by atoms with E-state index in [0.29, 0.717) is 43.9 Å². The van der Waals surface area contributed by atoms with Crippen molar-refractivity contribution in [1.29, 1.82) is 0 Å². The second kappa shape index (κ2) is 8.03. The van der Waals surface area contributed by atoms with E-state index in [9.17, 15) is 24.1 Å². The van der Waals surface area contributed by atoms with E-state index in [0.717, 1.165) is 0 Å². The van der Waals surface area contributed by atoms with Crippen LogP contribution in [0.1, 0.15) is 27.1 Å². The van der Waals surface area contributed by atoms with Crippen molar-refractivity contribution < 1.29 is 18.9 Å². The largest absolute Gasteiger partial charge is 0.366 e. The summed E-state index contributed by atoms with van der Waals surface area (Å²) >= 11 is 0. The van der Waals surface area contributed by atoms with E-state index in [1.54, 1.807) is 4.90 Å². The Morgan fingerprint density at radius 3 is 2.32 bits per heavy atom. The number of carbonyl (C=O) groups excluding carboxylic acids is 2.